The Hall–Kier alpha value is -2.74. The molecule has 0 saturated heterocycles. The molecule has 5 nitrogen and oxygen atoms in total. The molecule has 0 aliphatic heterocycles. The summed E-state index contributed by atoms with van der Waals surface area (Å²) < 4.78 is 27.9. The van der Waals surface area contributed by atoms with Crippen LogP contribution in [-0.4, -0.2) is 38.4 Å². The van der Waals surface area contributed by atoms with Crippen LogP contribution < -0.4 is 0 Å². The molecule has 0 unspecified atom stereocenters. The van der Waals surface area contributed by atoms with Gasteiger partial charge in [0.25, 0.3) is 0 Å². The van der Waals surface area contributed by atoms with E-state index in [9.17, 15) is 13.6 Å². The lowest BCUT2D eigenvalue weighted by Gasteiger charge is -2.25. The molecule has 0 bridgehead atoms. The molecule has 1 heterocycles. The van der Waals surface area contributed by atoms with E-state index in [0.29, 0.717) is 17.1 Å². The average Bonchev–Trinajstić information content (AvgIpc) is 3.24. The zero-order valence-electron chi connectivity index (χ0n) is 15.5. The number of thioether (sulfide) groups is 1. The lowest BCUT2D eigenvalue weighted by Crippen LogP contribution is -2.29. The van der Waals surface area contributed by atoms with Gasteiger partial charge in [-0.1, -0.05) is 12.1 Å². The molecule has 1 atom stereocenters. The second kappa shape index (κ2) is 8.97. The van der Waals surface area contributed by atoms with Crippen molar-refractivity contribution in [3.63, 3.8) is 0 Å². The Bertz CT molecular complexity index is 932. The number of aromatic nitrogens is 3. The predicted molar refractivity (Wildman–Crippen MR) is 104 cm³/mol. The Morgan fingerprint density at radius 1 is 1.18 bits per heavy atom. The smallest absolute Gasteiger partial charge is 0.223 e. The summed E-state index contributed by atoms with van der Waals surface area (Å²) in [6, 6.07) is 11.4. The van der Waals surface area contributed by atoms with E-state index in [1.54, 1.807) is 23.0 Å². The van der Waals surface area contributed by atoms with E-state index >= 15 is 0 Å². The maximum absolute atomic E-state index is 13.2. The predicted octanol–water partition coefficient (Wildman–Crippen LogP) is 4.25. The minimum atomic E-state index is -0.878. The van der Waals surface area contributed by atoms with E-state index in [-0.39, 0.29) is 11.9 Å². The summed E-state index contributed by atoms with van der Waals surface area (Å²) in [5.74, 6) is -1.27. The van der Waals surface area contributed by atoms with Gasteiger partial charge in [0, 0.05) is 24.1 Å². The number of rotatable bonds is 7. The quantitative estimate of drug-likeness (QED) is 0.555. The average molecular weight is 402 g/mol. The van der Waals surface area contributed by atoms with E-state index in [1.165, 1.54) is 24.2 Å². The SMILES string of the molecule is C[C@@H](c1ccc(-n2cncn2)cc1)N(C)C(=O)CCSc1ccc(F)c(F)c1. The second-order valence-electron chi connectivity index (χ2n) is 6.29. The Balaban J connectivity index is 1.54. The largest absolute Gasteiger partial charge is 0.339 e. The molecule has 0 saturated carbocycles. The molecular weight excluding hydrogens is 382 g/mol. The van der Waals surface area contributed by atoms with Crippen LogP contribution in [0.2, 0.25) is 0 Å². The lowest BCUT2D eigenvalue weighted by molar-refractivity contribution is -0.131. The standard InChI is InChI=1S/C20H20F2N4OS/c1-14(15-3-5-16(6-4-15)26-13-23-12-24-26)25(2)20(27)9-10-28-17-7-8-18(21)19(22)11-17/h3-8,11-14H,9-10H2,1-2H3/t14-/m0/s1. The van der Waals surface area contributed by atoms with Gasteiger partial charge in [-0.2, -0.15) is 5.10 Å². The highest BCUT2D eigenvalue weighted by Gasteiger charge is 2.17. The van der Waals surface area contributed by atoms with E-state index in [1.807, 2.05) is 31.2 Å². The maximum atomic E-state index is 13.2. The monoisotopic (exact) mass is 402 g/mol. The number of amides is 1. The van der Waals surface area contributed by atoms with Gasteiger partial charge in [-0.25, -0.2) is 18.4 Å². The van der Waals surface area contributed by atoms with Crippen molar-refractivity contribution in [3.8, 4) is 5.69 Å². The molecule has 28 heavy (non-hydrogen) atoms. The fourth-order valence-corrected chi connectivity index (χ4v) is 3.55. The molecule has 1 amide bonds. The van der Waals surface area contributed by atoms with Crippen LogP contribution in [-0.2, 0) is 4.79 Å². The first-order valence-electron chi connectivity index (χ1n) is 8.74. The minimum Gasteiger partial charge on any atom is -0.339 e. The third-order valence-electron chi connectivity index (χ3n) is 4.51. The van der Waals surface area contributed by atoms with Gasteiger partial charge >= 0.3 is 0 Å². The topological polar surface area (TPSA) is 51.0 Å². The van der Waals surface area contributed by atoms with Gasteiger partial charge in [-0.3, -0.25) is 4.79 Å². The van der Waals surface area contributed by atoms with E-state index < -0.39 is 11.6 Å². The summed E-state index contributed by atoms with van der Waals surface area (Å²) in [6.07, 6.45) is 3.40. The molecular formula is C20H20F2N4OS. The zero-order chi connectivity index (χ0) is 20.1. The van der Waals surface area contributed by atoms with Crippen molar-refractivity contribution in [2.75, 3.05) is 12.8 Å². The highest BCUT2D eigenvalue weighted by molar-refractivity contribution is 7.99. The molecule has 2 aromatic carbocycles. The van der Waals surface area contributed by atoms with Gasteiger partial charge in [0.05, 0.1) is 11.7 Å². The van der Waals surface area contributed by atoms with Crippen molar-refractivity contribution >= 4 is 17.7 Å². The maximum Gasteiger partial charge on any atom is 0.223 e. The lowest BCUT2D eigenvalue weighted by atomic mass is 10.1. The normalized spacial score (nSPS) is 12.0. The molecule has 0 fully saturated rings. The van der Waals surface area contributed by atoms with Crippen molar-refractivity contribution in [2.24, 2.45) is 0 Å². The summed E-state index contributed by atoms with van der Waals surface area (Å²) in [5.41, 5.74) is 1.90. The van der Waals surface area contributed by atoms with Gasteiger partial charge in [0.2, 0.25) is 5.91 Å². The molecule has 8 heteroatoms. The number of nitrogens with zero attached hydrogens (tertiary/aromatic N) is 4. The Kier molecular flexibility index (Phi) is 6.41. The molecule has 0 radical (unpaired) electrons. The van der Waals surface area contributed by atoms with Gasteiger partial charge in [-0.05, 0) is 42.8 Å². The van der Waals surface area contributed by atoms with Crippen LogP contribution in [0, 0.1) is 11.6 Å². The Morgan fingerprint density at radius 3 is 2.57 bits per heavy atom. The van der Waals surface area contributed by atoms with Crippen LogP contribution in [0.3, 0.4) is 0 Å². The Morgan fingerprint density at radius 2 is 1.93 bits per heavy atom. The summed E-state index contributed by atoms with van der Waals surface area (Å²) in [6.45, 7) is 1.96. The van der Waals surface area contributed by atoms with Crippen molar-refractivity contribution in [1.82, 2.24) is 19.7 Å². The van der Waals surface area contributed by atoms with Crippen LogP contribution in [0.1, 0.15) is 24.9 Å². The molecule has 1 aromatic heterocycles. The van der Waals surface area contributed by atoms with Gasteiger partial charge in [-0.15, -0.1) is 11.8 Å². The minimum absolute atomic E-state index is 0.0112. The summed E-state index contributed by atoms with van der Waals surface area (Å²) >= 11 is 1.33. The number of carbonyl (C=O) groups excluding carboxylic acids is 1. The highest BCUT2D eigenvalue weighted by Crippen LogP contribution is 2.24. The summed E-state index contributed by atoms with van der Waals surface area (Å²) in [4.78, 5) is 18.7. The fraction of sp³-hybridized carbons (Fsp3) is 0.250. The van der Waals surface area contributed by atoms with E-state index in [4.69, 9.17) is 0 Å². The number of hydrogen-bond donors (Lipinski definition) is 0. The Labute approximate surface area is 166 Å². The summed E-state index contributed by atoms with van der Waals surface area (Å²) in [7, 11) is 1.76. The zero-order valence-corrected chi connectivity index (χ0v) is 16.4. The number of carbonyl (C=O) groups is 1. The third kappa shape index (κ3) is 4.75. The van der Waals surface area contributed by atoms with Crippen molar-refractivity contribution in [3.05, 3.63) is 72.3 Å². The van der Waals surface area contributed by atoms with E-state index in [0.717, 1.165) is 23.4 Å². The van der Waals surface area contributed by atoms with Gasteiger partial charge in [0.1, 0.15) is 12.7 Å². The van der Waals surface area contributed by atoms with Crippen LogP contribution in [0.25, 0.3) is 5.69 Å². The molecule has 146 valence electrons. The van der Waals surface area contributed by atoms with Crippen LogP contribution >= 0.6 is 11.8 Å². The number of benzene rings is 2. The molecule has 0 aliphatic carbocycles. The third-order valence-corrected chi connectivity index (χ3v) is 5.50. The van der Waals surface area contributed by atoms with Crippen LogP contribution in [0.5, 0.6) is 0 Å². The van der Waals surface area contributed by atoms with Crippen LogP contribution in [0.15, 0.2) is 60.0 Å². The first-order valence-corrected chi connectivity index (χ1v) is 9.72. The van der Waals surface area contributed by atoms with Crippen LogP contribution in [0.4, 0.5) is 8.78 Å². The molecule has 0 N–H and O–H groups in total. The first kappa shape index (κ1) is 20.0. The molecule has 3 rings (SSSR count). The number of halogens is 2. The molecule has 3 aromatic rings. The molecule has 0 aliphatic rings. The first-order chi connectivity index (χ1) is 13.5. The van der Waals surface area contributed by atoms with Gasteiger partial charge < -0.3 is 4.90 Å². The van der Waals surface area contributed by atoms with Crippen molar-refractivity contribution in [2.45, 2.75) is 24.3 Å². The van der Waals surface area contributed by atoms with Crippen molar-refractivity contribution < 1.29 is 13.6 Å². The van der Waals surface area contributed by atoms with Gasteiger partial charge in [0.15, 0.2) is 11.6 Å². The number of hydrogen-bond acceptors (Lipinski definition) is 4. The molecule has 0 spiro atoms. The fourth-order valence-electron chi connectivity index (χ4n) is 2.69. The highest BCUT2D eigenvalue weighted by atomic mass is 32.2. The van der Waals surface area contributed by atoms with Crippen molar-refractivity contribution in [1.29, 1.82) is 0 Å². The summed E-state index contributed by atoms with van der Waals surface area (Å²) in [5, 5.41) is 4.09. The second-order valence-corrected chi connectivity index (χ2v) is 7.45. The van der Waals surface area contributed by atoms with E-state index in [2.05, 4.69) is 10.1 Å².